The van der Waals surface area contributed by atoms with Gasteiger partial charge in [-0.25, -0.2) is 4.68 Å². The number of hydrogen-bond acceptors (Lipinski definition) is 5. The molecule has 0 radical (unpaired) electrons. The maximum Gasteiger partial charge on any atom is 0.269 e. The minimum absolute atomic E-state index is 0.0238. The number of aromatic nitrogens is 3. The third-order valence-electron chi connectivity index (χ3n) is 5.36. The van der Waals surface area contributed by atoms with E-state index < -0.39 is 0 Å². The van der Waals surface area contributed by atoms with Crippen molar-refractivity contribution < 1.29 is 4.79 Å². The molecule has 1 unspecified atom stereocenters. The number of amides is 1. The molecule has 7 nitrogen and oxygen atoms in total. The van der Waals surface area contributed by atoms with Gasteiger partial charge in [0, 0.05) is 25.4 Å². The molecule has 2 aromatic heterocycles. The fourth-order valence-electron chi connectivity index (χ4n) is 3.72. The molecule has 0 saturated carbocycles. The van der Waals surface area contributed by atoms with Crippen LogP contribution in [0.15, 0.2) is 71.8 Å². The van der Waals surface area contributed by atoms with Gasteiger partial charge < -0.3 is 10.2 Å². The summed E-state index contributed by atoms with van der Waals surface area (Å²) in [6.45, 7) is 2.26. The van der Waals surface area contributed by atoms with Crippen LogP contribution in [-0.2, 0) is 17.9 Å². The van der Waals surface area contributed by atoms with E-state index in [1.165, 1.54) is 4.68 Å². The van der Waals surface area contributed by atoms with Crippen LogP contribution in [0.3, 0.4) is 0 Å². The van der Waals surface area contributed by atoms with Crippen molar-refractivity contribution in [2.45, 2.75) is 25.9 Å². The molecule has 1 aromatic carbocycles. The molecule has 3 heterocycles. The monoisotopic (exact) mass is 403 g/mol. The summed E-state index contributed by atoms with van der Waals surface area (Å²) in [4.78, 5) is 31.5. The molecule has 30 heavy (non-hydrogen) atoms. The second-order valence-electron chi connectivity index (χ2n) is 7.52. The van der Waals surface area contributed by atoms with Crippen LogP contribution in [0.2, 0.25) is 0 Å². The van der Waals surface area contributed by atoms with Crippen LogP contribution in [0.25, 0.3) is 0 Å². The van der Waals surface area contributed by atoms with E-state index in [9.17, 15) is 9.59 Å². The quantitative estimate of drug-likeness (QED) is 0.683. The number of nitrogens with one attached hydrogen (secondary N) is 1. The molecule has 154 valence electrons. The number of benzene rings is 1. The van der Waals surface area contributed by atoms with Gasteiger partial charge in [0.05, 0.1) is 36.6 Å². The molecular formula is C23H25N5O2. The van der Waals surface area contributed by atoms with Crippen LogP contribution in [-0.4, -0.2) is 33.8 Å². The van der Waals surface area contributed by atoms with E-state index in [0.29, 0.717) is 19.6 Å². The summed E-state index contributed by atoms with van der Waals surface area (Å²) < 4.78 is 1.46. The second-order valence-corrected chi connectivity index (χ2v) is 7.52. The van der Waals surface area contributed by atoms with Crippen molar-refractivity contribution in [2.75, 3.05) is 18.0 Å². The Morgan fingerprint density at radius 2 is 1.97 bits per heavy atom. The topological polar surface area (TPSA) is 80.1 Å². The zero-order valence-electron chi connectivity index (χ0n) is 16.8. The molecule has 1 atom stereocenters. The molecule has 7 heteroatoms. The Morgan fingerprint density at radius 3 is 2.73 bits per heavy atom. The van der Waals surface area contributed by atoms with Gasteiger partial charge in [-0.05, 0) is 30.5 Å². The van der Waals surface area contributed by atoms with Crippen molar-refractivity contribution in [1.29, 1.82) is 0 Å². The number of carbonyl (C=O) groups excluding carboxylic acids is 1. The Balaban J connectivity index is 1.38. The SMILES string of the molecule is O=C(NCc1ccccn1)C1CCCN(c2cnn(Cc3ccccc3)c(=O)c2)C1. The van der Waals surface area contributed by atoms with Crippen molar-refractivity contribution in [3.05, 3.63) is 88.6 Å². The average molecular weight is 403 g/mol. The van der Waals surface area contributed by atoms with E-state index in [0.717, 1.165) is 36.3 Å². The lowest BCUT2D eigenvalue weighted by Crippen LogP contribution is -2.43. The molecule has 4 rings (SSSR count). The first kappa shape index (κ1) is 19.8. The number of rotatable bonds is 6. The molecule has 3 aromatic rings. The largest absolute Gasteiger partial charge is 0.369 e. The summed E-state index contributed by atoms with van der Waals surface area (Å²) in [5.74, 6) is -0.0926. The van der Waals surface area contributed by atoms with Gasteiger partial charge in [-0.15, -0.1) is 0 Å². The summed E-state index contributed by atoms with van der Waals surface area (Å²) in [7, 11) is 0. The van der Waals surface area contributed by atoms with Crippen molar-refractivity contribution in [3.8, 4) is 0 Å². The van der Waals surface area contributed by atoms with E-state index in [1.54, 1.807) is 18.5 Å². The Kier molecular flexibility index (Phi) is 6.17. The molecule has 0 spiro atoms. The van der Waals surface area contributed by atoms with Gasteiger partial charge in [-0.3, -0.25) is 14.6 Å². The van der Waals surface area contributed by atoms with Crippen molar-refractivity contribution in [3.63, 3.8) is 0 Å². The number of nitrogens with zero attached hydrogens (tertiary/aromatic N) is 4. The normalized spacial score (nSPS) is 16.3. The Labute approximate surface area is 175 Å². The molecule has 1 amide bonds. The van der Waals surface area contributed by atoms with E-state index in [4.69, 9.17) is 0 Å². The van der Waals surface area contributed by atoms with Crippen LogP contribution in [0.5, 0.6) is 0 Å². The number of pyridine rings is 1. The standard InChI is InChI=1S/C23H25N5O2/c29-22-13-21(15-26-28(22)16-18-7-2-1-3-8-18)27-12-6-9-19(17-27)23(30)25-14-20-10-4-5-11-24-20/h1-5,7-8,10-11,13,15,19H,6,9,12,14,16-17H2,(H,25,30). The Hall–Kier alpha value is -3.48. The summed E-state index contributed by atoms with van der Waals surface area (Å²) in [6, 6.07) is 17.1. The van der Waals surface area contributed by atoms with Crippen molar-refractivity contribution in [2.24, 2.45) is 5.92 Å². The predicted molar refractivity (Wildman–Crippen MR) is 115 cm³/mol. The van der Waals surface area contributed by atoms with Crippen LogP contribution < -0.4 is 15.8 Å². The Morgan fingerprint density at radius 1 is 1.13 bits per heavy atom. The third-order valence-corrected chi connectivity index (χ3v) is 5.36. The molecule has 1 aliphatic heterocycles. The average Bonchev–Trinajstić information content (AvgIpc) is 2.80. The molecular weight excluding hydrogens is 378 g/mol. The second kappa shape index (κ2) is 9.35. The number of piperidine rings is 1. The number of hydrogen-bond donors (Lipinski definition) is 1. The highest BCUT2D eigenvalue weighted by Crippen LogP contribution is 2.22. The fraction of sp³-hybridized carbons (Fsp3) is 0.304. The van der Waals surface area contributed by atoms with Gasteiger partial charge in [-0.1, -0.05) is 36.4 Å². The summed E-state index contributed by atoms with van der Waals surface area (Å²) in [5, 5.41) is 7.33. The lowest BCUT2D eigenvalue weighted by Gasteiger charge is -2.33. The van der Waals surface area contributed by atoms with E-state index >= 15 is 0 Å². The number of carbonyl (C=O) groups is 1. The summed E-state index contributed by atoms with van der Waals surface area (Å²) in [6.07, 6.45) is 5.17. The highest BCUT2D eigenvalue weighted by molar-refractivity contribution is 5.79. The fourth-order valence-corrected chi connectivity index (χ4v) is 3.72. The summed E-state index contributed by atoms with van der Waals surface area (Å²) in [5.41, 5.74) is 2.50. The van der Waals surface area contributed by atoms with Gasteiger partial charge >= 0.3 is 0 Å². The van der Waals surface area contributed by atoms with Crippen LogP contribution in [0, 0.1) is 5.92 Å². The van der Waals surface area contributed by atoms with Crippen molar-refractivity contribution >= 4 is 11.6 Å². The molecule has 1 aliphatic rings. The van der Waals surface area contributed by atoms with Crippen LogP contribution >= 0.6 is 0 Å². The van der Waals surface area contributed by atoms with Crippen molar-refractivity contribution in [1.82, 2.24) is 20.1 Å². The van der Waals surface area contributed by atoms with E-state index in [-0.39, 0.29) is 17.4 Å². The Bertz CT molecular complexity index is 1040. The molecule has 1 N–H and O–H groups in total. The smallest absolute Gasteiger partial charge is 0.269 e. The maximum absolute atomic E-state index is 12.6. The van der Waals surface area contributed by atoms with Gasteiger partial charge in [0.25, 0.3) is 5.56 Å². The van der Waals surface area contributed by atoms with E-state index in [1.807, 2.05) is 48.5 Å². The lowest BCUT2D eigenvalue weighted by atomic mass is 9.97. The van der Waals surface area contributed by atoms with Gasteiger partial charge in [0.2, 0.25) is 5.91 Å². The van der Waals surface area contributed by atoms with Crippen LogP contribution in [0.1, 0.15) is 24.1 Å². The third kappa shape index (κ3) is 4.92. The first-order valence-electron chi connectivity index (χ1n) is 10.2. The van der Waals surface area contributed by atoms with Gasteiger partial charge in [0.15, 0.2) is 0 Å². The zero-order chi connectivity index (χ0) is 20.8. The highest BCUT2D eigenvalue weighted by Gasteiger charge is 2.26. The minimum atomic E-state index is -0.141. The summed E-state index contributed by atoms with van der Waals surface area (Å²) >= 11 is 0. The molecule has 0 bridgehead atoms. The first-order valence-corrected chi connectivity index (χ1v) is 10.2. The van der Waals surface area contributed by atoms with Gasteiger partial charge in [0.1, 0.15) is 0 Å². The maximum atomic E-state index is 12.6. The first-order chi connectivity index (χ1) is 14.7. The molecule has 1 fully saturated rings. The highest BCUT2D eigenvalue weighted by atomic mass is 16.2. The zero-order valence-corrected chi connectivity index (χ0v) is 16.8. The van der Waals surface area contributed by atoms with Gasteiger partial charge in [-0.2, -0.15) is 5.10 Å². The predicted octanol–water partition coefficient (Wildman–Crippen LogP) is 2.22. The van der Waals surface area contributed by atoms with Crippen LogP contribution in [0.4, 0.5) is 5.69 Å². The van der Waals surface area contributed by atoms with E-state index in [2.05, 4.69) is 20.3 Å². The molecule has 1 saturated heterocycles. The lowest BCUT2D eigenvalue weighted by molar-refractivity contribution is -0.125. The number of anilines is 1. The minimum Gasteiger partial charge on any atom is -0.369 e. The molecule has 0 aliphatic carbocycles.